The average Bonchev–Trinajstić information content (AvgIpc) is 2.87. The molecule has 0 atom stereocenters. The number of rotatable bonds is 13. The Hall–Kier alpha value is -3.98. The van der Waals surface area contributed by atoms with Gasteiger partial charge in [-0.15, -0.1) is 0 Å². The minimum atomic E-state index is -0.337. The molecular weight excluding hydrogens is 458 g/mol. The molecule has 0 aliphatic rings. The third-order valence-corrected chi connectivity index (χ3v) is 5.48. The predicted octanol–water partition coefficient (Wildman–Crippen LogP) is 5.38. The van der Waals surface area contributed by atoms with E-state index in [0.717, 1.165) is 66.0 Å². The van der Waals surface area contributed by atoms with Gasteiger partial charge in [0.15, 0.2) is 0 Å². The molecule has 0 radical (unpaired) electrons. The molecule has 0 saturated carbocycles. The highest BCUT2D eigenvalue weighted by Crippen LogP contribution is 2.25. The number of nitrogens with one attached hydrogen (secondary N) is 3. The van der Waals surface area contributed by atoms with Gasteiger partial charge in [0, 0.05) is 42.5 Å². The minimum Gasteiger partial charge on any atom is -0.494 e. The molecule has 190 valence electrons. The number of unbranched alkanes of at least 4 members (excludes halogenated alkanes) is 4. The van der Waals surface area contributed by atoms with Crippen molar-refractivity contribution in [2.24, 2.45) is 0 Å². The van der Waals surface area contributed by atoms with Gasteiger partial charge in [0.2, 0.25) is 17.8 Å². The van der Waals surface area contributed by atoms with Crippen molar-refractivity contribution in [1.29, 1.82) is 0 Å². The van der Waals surface area contributed by atoms with E-state index >= 15 is 0 Å². The Labute approximate surface area is 211 Å². The van der Waals surface area contributed by atoms with Crippen LogP contribution in [-0.2, 0) is 9.59 Å². The van der Waals surface area contributed by atoms with E-state index in [1.54, 1.807) is 11.7 Å². The highest BCUT2D eigenvalue weighted by molar-refractivity contribution is 5.89. The van der Waals surface area contributed by atoms with E-state index in [9.17, 15) is 9.59 Å². The molecule has 0 aliphatic carbocycles. The highest BCUT2D eigenvalue weighted by atomic mass is 16.5. The van der Waals surface area contributed by atoms with E-state index < -0.39 is 0 Å². The molecule has 9 heteroatoms. The molecule has 3 rings (SSSR count). The second kappa shape index (κ2) is 13.8. The van der Waals surface area contributed by atoms with Crippen LogP contribution in [0, 0.1) is 6.92 Å². The van der Waals surface area contributed by atoms with Crippen molar-refractivity contribution in [3.63, 3.8) is 0 Å². The van der Waals surface area contributed by atoms with Crippen LogP contribution in [0.4, 0.5) is 17.3 Å². The van der Waals surface area contributed by atoms with E-state index in [1.165, 1.54) is 6.92 Å². The summed E-state index contributed by atoms with van der Waals surface area (Å²) in [5, 5.41) is 14.5. The molecule has 0 unspecified atom stereocenters. The van der Waals surface area contributed by atoms with Gasteiger partial charge in [0.25, 0.3) is 0 Å². The van der Waals surface area contributed by atoms with Crippen LogP contribution < -0.4 is 20.9 Å². The number of nitrogens with zero attached hydrogens (tertiary/aromatic N) is 2. The standard InChI is InChI=1S/C27H33N5O4/c1-19-18-28-27(31-26(19)21-12-14-22(15-13-21)29-20(2)33)30-23-9-8-10-24(17-23)36-16-7-5-3-4-6-11-25(34)32-35/h8-10,12-15,17-18,35H,3-7,11,16H2,1-2H3,(H,29,33)(H,32,34)(H,28,30,31). The second-order valence-electron chi connectivity index (χ2n) is 8.54. The fourth-order valence-electron chi connectivity index (χ4n) is 3.67. The fraction of sp³-hybridized carbons (Fsp3) is 0.333. The Morgan fingerprint density at radius 3 is 2.47 bits per heavy atom. The van der Waals surface area contributed by atoms with E-state index in [2.05, 4.69) is 15.6 Å². The Morgan fingerprint density at radius 2 is 1.72 bits per heavy atom. The van der Waals surface area contributed by atoms with E-state index in [-0.39, 0.29) is 11.8 Å². The van der Waals surface area contributed by atoms with E-state index in [1.807, 2.05) is 55.5 Å². The molecule has 2 aromatic carbocycles. The maximum atomic E-state index is 11.2. The number of amides is 2. The van der Waals surface area contributed by atoms with Crippen LogP contribution >= 0.6 is 0 Å². The molecule has 0 aliphatic heterocycles. The van der Waals surface area contributed by atoms with Gasteiger partial charge < -0.3 is 15.4 Å². The number of ether oxygens (including phenoxy) is 1. The molecule has 4 N–H and O–H groups in total. The molecule has 0 saturated heterocycles. The Bertz CT molecular complexity index is 1150. The van der Waals surface area contributed by atoms with Gasteiger partial charge in [0.05, 0.1) is 12.3 Å². The zero-order chi connectivity index (χ0) is 25.8. The van der Waals surface area contributed by atoms with Gasteiger partial charge in [-0.25, -0.2) is 15.4 Å². The summed E-state index contributed by atoms with van der Waals surface area (Å²) in [6.07, 6.45) is 6.82. The number of carbonyl (C=O) groups excluding carboxylic acids is 2. The molecular formula is C27H33N5O4. The van der Waals surface area contributed by atoms with Crippen molar-refractivity contribution in [2.75, 3.05) is 17.2 Å². The van der Waals surface area contributed by atoms with Crippen LogP contribution in [-0.4, -0.2) is 33.6 Å². The Kier molecular flexibility index (Phi) is 10.2. The van der Waals surface area contributed by atoms with Gasteiger partial charge in [-0.05, 0) is 49.6 Å². The molecule has 3 aromatic rings. The third kappa shape index (κ3) is 8.66. The number of anilines is 3. The maximum absolute atomic E-state index is 11.2. The van der Waals surface area contributed by atoms with Crippen molar-refractivity contribution in [2.45, 2.75) is 52.4 Å². The van der Waals surface area contributed by atoms with Gasteiger partial charge in [-0.1, -0.05) is 37.5 Å². The van der Waals surface area contributed by atoms with Crippen molar-refractivity contribution in [3.8, 4) is 17.0 Å². The summed E-state index contributed by atoms with van der Waals surface area (Å²) in [4.78, 5) is 31.3. The largest absolute Gasteiger partial charge is 0.494 e. The van der Waals surface area contributed by atoms with Gasteiger partial charge >= 0.3 is 0 Å². The zero-order valence-corrected chi connectivity index (χ0v) is 20.7. The fourth-order valence-corrected chi connectivity index (χ4v) is 3.67. The lowest BCUT2D eigenvalue weighted by atomic mass is 10.1. The number of carbonyl (C=O) groups is 2. The van der Waals surface area contributed by atoms with Crippen molar-refractivity contribution >= 4 is 29.1 Å². The van der Waals surface area contributed by atoms with Crippen LogP contribution in [0.5, 0.6) is 5.75 Å². The lowest BCUT2D eigenvalue weighted by Gasteiger charge is -2.11. The first-order chi connectivity index (χ1) is 17.4. The Balaban J connectivity index is 1.51. The first kappa shape index (κ1) is 26.6. The first-order valence-electron chi connectivity index (χ1n) is 12.1. The van der Waals surface area contributed by atoms with Crippen molar-refractivity contribution in [1.82, 2.24) is 15.4 Å². The van der Waals surface area contributed by atoms with Gasteiger partial charge in [0.1, 0.15) is 5.75 Å². The van der Waals surface area contributed by atoms with Crippen LogP contribution in [0.3, 0.4) is 0 Å². The van der Waals surface area contributed by atoms with E-state index in [0.29, 0.717) is 19.0 Å². The van der Waals surface area contributed by atoms with Gasteiger partial charge in [-0.2, -0.15) is 0 Å². The molecule has 9 nitrogen and oxygen atoms in total. The van der Waals surface area contributed by atoms with Crippen LogP contribution in [0.25, 0.3) is 11.3 Å². The van der Waals surface area contributed by atoms with Crippen LogP contribution in [0.15, 0.2) is 54.7 Å². The molecule has 0 bridgehead atoms. The molecule has 36 heavy (non-hydrogen) atoms. The molecule has 2 amide bonds. The highest BCUT2D eigenvalue weighted by Gasteiger charge is 2.08. The summed E-state index contributed by atoms with van der Waals surface area (Å²) in [7, 11) is 0. The van der Waals surface area contributed by atoms with Crippen molar-refractivity contribution < 1.29 is 19.5 Å². The smallest absolute Gasteiger partial charge is 0.243 e. The summed E-state index contributed by atoms with van der Waals surface area (Å²) in [6.45, 7) is 4.05. The molecule has 0 fully saturated rings. The van der Waals surface area contributed by atoms with Crippen molar-refractivity contribution in [3.05, 3.63) is 60.3 Å². The number of hydrogen-bond donors (Lipinski definition) is 4. The zero-order valence-electron chi connectivity index (χ0n) is 20.7. The predicted molar refractivity (Wildman–Crippen MR) is 139 cm³/mol. The maximum Gasteiger partial charge on any atom is 0.243 e. The normalized spacial score (nSPS) is 10.5. The SMILES string of the molecule is CC(=O)Nc1ccc(-c2nc(Nc3cccc(OCCCCCCCC(=O)NO)c3)ncc2C)cc1. The number of hydrogen-bond acceptors (Lipinski definition) is 7. The lowest BCUT2D eigenvalue weighted by Crippen LogP contribution is -2.17. The minimum absolute atomic E-state index is 0.110. The van der Waals surface area contributed by atoms with E-state index in [4.69, 9.17) is 14.9 Å². The first-order valence-corrected chi connectivity index (χ1v) is 12.1. The summed E-state index contributed by atoms with van der Waals surface area (Å²) >= 11 is 0. The third-order valence-electron chi connectivity index (χ3n) is 5.48. The number of benzene rings is 2. The van der Waals surface area contributed by atoms with Crippen LogP contribution in [0.2, 0.25) is 0 Å². The summed E-state index contributed by atoms with van der Waals surface area (Å²) in [6, 6.07) is 15.2. The summed E-state index contributed by atoms with van der Waals surface area (Å²) < 4.78 is 5.89. The lowest BCUT2D eigenvalue weighted by molar-refractivity contribution is -0.129. The van der Waals surface area contributed by atoms with Crippen LogP contribution in [0.1, 0.15) is 51.0 Å². The number of aryl methyl sites for hydroxylation is 1. The number of hydroxylamine groups is 1. The number of aromatic nitrogens is 2. The molecule has 1 heterocycles. The monoisotopic (exact) mass is 491 g/mol. The molecule has 0 spiro atoms. The average molecular weight is 492 g/mol. The quantitative estimate of drug-likeness (QED) is 0.144. The second-order valence-corrected chi connectivity index (χ2v) is 8.54. The van der Waals surface area contributed by atoms with Gasteiger partial charge in [-0.3, -0.25) is 14.8 Å². The topological polar surface area (TPSA) is 125 Å². The summed E-state index contributed by atoms with van der Waals surface area (Å²) in [5.41, 5.74) is 5.90. The summed E-state index contributed by atoms with van der Waals surface area (Å²) in [5.74, 6) is 0.797. The Morgan fingerprint density at radius 1 is 0.972 bits per heavy atom. The molecule has 1 aromatic heterocycles.